The molecule has 1 atom stereocenters. The van der Waals surface area contributed by atoms with Crippen molar-refractivity contribution in [2.24, 2.45) is 0 Å². The van der Waals surface area contributed by atoms with Crippen LogP contribution in [0.25, 0.3) is 0 Å². The predicted octanol–water partition coefficient (Wildman–Crippen LogP) is 23.6. The topological polar surface area (TPSA) is 78.9 Å². The maximum atomic E-state index is 12.9. The molecule has 0 radical (unpaired) electrons. The van der Waals surface area contributed by atoms with E-state index in [-0.39, 0.29) is 31.1 Å². The zero-order chi connectivity index (χ0) is 58.5. The van der Waals surface area contributed by atoms with Crippen molar-refractivity contribution in [2.75, 3.05) is 13.2 Å². The van der Waals surface area contributed by atoms with E-state index in [0.717, 1.165) is 122 Å². The third-order valence-electron chi connectivity index (χ3n) is 14.4. The molecule has 6 heteroatoms. The lowest BCUT2D eigenvalue weighted by atomic mass is 10.0. The second-order valence-corrected chi connectivity index (χ2v) is 22.3. The molecule has 0 saturated carbocycles. The van der Waals surface area contributed by atoms with Crippen LogP contribution in [0.2, 0.25) is 0 Å². The summed E-state index contributed by atoms with van der Waals surface area (Å²) in [5.74, 6) is -0.890. The van der Waals surface area contributed by atoms with Crippen LogP contribution in [0.4, 0.5) is 0 Å². The Hall–Kier alpha value is -4.19. The first kappa shape index (κ1) is 76.8. The van der Waals surface area contributed by atoms with E-state index in [1.165, 1.54) is 154 Å². The number of esters is 3. The van der Waals surface area contributed by atoms with E-state index in [9.17, 15) is 14.4 Å². The minimum atomic E-state index is -0.787. The van der Waals surface area contributed by atoms with Gasteiger partial charge in [0.2, 0.25) is 0 Å². The average molecular weight is 1120 g/mol. The van der Waals surface area contributed by atoms with Gasteiger partial charge < -0.3 is 14.2 Å². The highest BCUT2D eigenvalue weighted by atomic mass is 16.6. The molecule has 0 bridgehead atoms. The summed E-state index contributed by atoms with van der Waals surface area (Å²) in [5.41, 5.74) is 0. The van der Waals surface area contributed by atoms with Gasteiger partial charge in [0.1, 0.15) is 13.2 Å². The van der Waals surface area contributed by atoms with Gasteiger partial charge in [-0.05, 0) is 122 Å². The molecule has 0 fully saturated rings. The normalized spacial score (nSPS) is 12.9. The lowest BCUT2D eigenvalue weighted by Gasteiger charge is -2.18. The molecule has 0 rings (SSSR count). The second-order valence-electron chi connectivity index (χ2n) is 22.3. The summed E-state index contributed by atoms with van der Waals surface area (Å²) in [6.45, 7) is 6.39. The molecule has 81 heavy (non-hydrogen) atoms. The Morgan fingerprint density at radius 3 is 0.765 bits per heavy atom. The molecular formula is C75H126O6. The van der Waals surface area contributed by atoms with Gasteiger partial charge in [-0.15, -0.1) is 0 Å². The van der Waals surface area contributed by atoms with Crippen molar-refractivity contribution < 1.29 is 28.6 Å². The Balaban J connectivity index is 4.24. The Bertz CT molecular complexity index is 1670. The molecule has 462 valence electrons. The third-order valence-corrected chi connectivity index (χ3v) is 14.4. The number of hydrogen-bond donors (Lipinski definition) is 0. The van der Waals surface area contributed by atoms with E-state index in [0.29, 0.717) is 19.3 Å². The Morgan fingerprint density at radius 1 is 0.259 bits per heavy atom. The van der Waals surface area contributed by atoms with Crippen LogP contribution in [-0.4, -0.2) is 37.2 Å². The molecule has 0 amide bonds. The predicted molar refractivity (Wildman–Crippen MR) is 353 cm³/mol. The highest BCUT2D eigenvalue weighted by molar-refractivity contribution is 5.71. The van der Waals surface area contributed by atoms with Gasteiger partial charge >= 0.3 is 17.9 Å². The van der Waals surface area contributed by atoms with Crippen LogP contribution in [0.15, 0.2) is 122 Å². The van der Waals surface area contributed by atoms with Gasteiger partial charge in [0.25, 0.3) is 0 Å². The van der Waals surface area contributed by atoms with Gasteiger partial charge in [-0.25, -0.2) is 0 Å². The molecule has 0 aliphatic rings. The Kier molecular flexibility index (Phi) is 64.8. The molecule has 0 saturated heterocycles. The molecule has 6 nitrogen and oxygen atoms in total. The van der Waals surface area contributed by atoms with Crippen molar-refractivity contribution in [1.29, 1.82) is 0 Å². The highest BCUT2D eigenvalue weighted by Crippen LogP contribution is 2.17. The highest BCUT2D eigenvalue weighted by Gasteiger charge is 2.19. The maximum Gasteiger partial charge on any atom is 0.306 e. The SMILES string of the molecule is CC/C=C\C/C=C\C/C=C\C/C=C\C/C=C\CCCCCCCCCCCCCCCC(=O)OCC(COC(=O)CCCCCCC/C=C\CCCC)OC(=O)CCCCCCCCCCCC/C=C\C/C=C\C/C=C\C/C=C\CC. The first-order chi connectivity index (χ1) is 40.0. The smallest absolute Gasteiger partial charge is 0.306 e. The minimum Gasteiger partial charge on any atom is -0.462 e. The van der Waals surface area contributed by atoms with E-state index in [1.807, 2.05) is 0 Å². The van der Waals surface area contributed by atoms with Crippen LogP contribution in [0.5, 0.6) is 0 Å². The van der Waals surface area contributed by atoms with Crippen LogP contribution in [0.3, 0.4) is 0 Å². The molecule has 0 aromatic carbocycles. The van der Waals surface area contributed by atoms with Crippen molar-refractivity contribution in [2.45, 2.75) is 322 Å². The number of hydrogen-bond acceptors (Lipinski definition) is 6. The fraction of sp³-hybridized carbons (Fsp3) is 0.693. The monoisotopic (exact) mass is 1120 g/mol. The van der Waals surface area contributed by atoms with Gasteiger partial charge in [0.05, 0.1) is 0 Å². The molecule has 1 unspecified atom stereocenters. The van der Waals surface area contributed by atoms with Gasteiger partial charge in [0, 0.05) is 19.3 Å². The zero-order valence-corrected chi connectivity index (χ0v) is 53.0. The summed E-state index contributed by atoms with van der Waals surface area (Å²) in [6, 6.07) is 0. The van der Waals surface area contributed by atoms with Gasteiger partial charge in [0.15, 0.2) is 6.10 Å². The maximum absolute atomic E-state index is 12.9. The standard InChI is InChI=1S/C75H126O6/c1-4-7-10-13-16-19-22-24-26-28-30-32-34-35-36-37-38-39-41-42-44-46-48-50-53-56-59-62-65-68-74(77)80-71-72(70-79-73(76)67-64-61-58-55-52-21-18-15-12-9-6-3)81-75(78)69-66-63-60-57-54-51-49-47-45-43-40-33-31-29-27-25-23-20-17-14-11-8-5-2/h7-8,10-11,15-20,24-27,30-33,35-36,72H,4-6,9,12-14,21-23,28-29,34,37-71H2,1-3H3/b10-7-,11-8-,18-15-,19-16-,20-17-,26-24-,27-25-,32-30-,33-31-,36-35-. The van der Waals surface area contributed by atoms with Crippen molar-refractivity contribution in [3.8, 4) is 0 Å². The lowest BCUT2D eigenvalue weighted by Crippen LogP contribution is -2.30. The summed E-state index contributed by atoms with van der Waals surface area (Å²) >= 11 is 0. The summed E-state index contributed by atoms with van der Waals surface area (Å²) in [5, 5.41) is 0. The second kappa shape index (κ2) is 68.3. The molecular weight excluding hydrogens is 997 g/mol. The summed E-state index contributed by atoms with van der Waals surface area (Å²) < 4.78 is 16.9. The number of allylic oxidation sites excluding steroid dienone is 20. The van der Waals surface area contributed by atoms with E-state index in [1.54, 1.807) is 0 Å². The summed E-state index contributed by atoms with van der Waals surface area (Å²) in [4.78, 5) is 38.3. The van der Waals surface area contributed by atoms with Crippen LogP contribution < -0.4 is 0 Å². The van der Waals surface area contributed by atoms with Crippen LogP contribution in [0.1, 0.15) is 316 Å². The van der Waals surface area contributed by atoms with Crippen molar-refractivity contribution >= 4 is 17.9 Å². The van der Waals surface area contributed by atoms with Crippen LogP contribution in [-0.2, 0) is 28.6 Å². The first-order valence-corrected chi connectivity index (χ1v) is 34.0. The average Bonchev–Trinajstić information content (AvgIpc) is 3.47. The zero-order valence-electron chi connectivity index (χ0n) is 53.0. The molecule has 0 aliphatic heterocycles. The first-order valence-electron chi connectivity index (χ1n) is 34.0. The molecule has 0 spiro atoms. The fourth-order valence-electron chi connectivity index (χ4n) is 9.38. The molecule has 0 heterocycles. The minimum absolute atomic E-state index is 0.0831. The third kappa shape index (κ3) is 66.5. The fourth-order valence-corrected chi connectivity index (χ4v) is 9.38. The number of carbonyl (C=O) groups excluding carboxylic acids is 3. The largest absolute Gasteiger partial charge is 0.462 e. The Labute approximate surface area is 501 Å². The van der Waals surface area contributed by atoms with Crippen LogP contribution in [0, 0.1) is 0 Å². The van der Waals surface area contributed by atoms with E-state index < -0.39 is 6.10 Å². The van der Waals surface area contributed by atoms with Gasteiger partial charge in [-0.1, -0.05) is 296 Å². The van der Waals surface area contributed by atoms with E-state index in [2.05, 4.69) is 142 Å². The van der Waals surface area contributed by atoms with Gasteiger partial charge in [-0.3, -0.25) is 14.4 Å². The quantitative estimate of drug-likeness (QED) is 0.0261. The summed E-state index contributed by atoms with van der Waals surface area (Å²) in [6.07, 6.45) is 95.1. The van der Waals surface area contributed by atoms with Crippen molar-refractivity contribution in [3.05, 3.63) is 122 Å². The van der Waals surface area contributed by atoms with Crippen LogP contribution >= 0.6 is 0 Å². The molecule has 0 N–H and O–H groups in total. The lowest BCUT2D eigenvalue weighted by molar-refractivity contribution is -0.167. The molecule has 0 aromatic heterocycles. The molecule has 0 aliphatic carbocycles. The molecule has 0 aromatic rings. The number of carbonyl (C=O) groups is 3. The van der Waals surface area contributed by atoms with Gasteiger partial charge in [-0.2, -0.15) is 0 Å². The summed E-state index contributed by atoms with van der Waals surface area (Å²) in [7, 11) is 0. The van der Waals surface area contributed by atoms with E-state index >= 15 is 0 Å². The number of rotatable bonds is 61. The van der Waals surface area contributed by atoms with Crippen molar-refractivity contribution in [3.63, 3.8) is 0 Å². The van der Waals surface area contributed by atoms with E-state index in [4.69, 9.17) is 14.2 Å². The Morgan fingerprint density at radius 2 is 0.481 bits per heavy atom. The number of unbranched alkanes of at least 4 members (excludes halogenated alkanes) is 30. The van der Waals surface area contributed by atoms with Crippen molar-refractivity contribution in [1.82, 2.24) is 0 Å². The number of ether oxygens (including phenoxy) is 3.